The number of aryl methyl sites for hydroxylation is 2. The SMILES string of the molecule is Cc1noc(C)c1CSCC(=O)NCCN. The monoisotopic (exact) mass is 243 g/mol. The van der Waals surface area contributed by atoms with Crippen LogP contribution in [0.25, 0.3) is 0 Å². The lowest BCUT2D eigenvalue weighted by molar-refractivity contribution is -0.118. The Hall–Kier alpha value is -1.01. The number of rotatable bonds is 6. The van der Waals surface area contributed by atoms with Gasteiger partial charge in [0.25, 0.3) is 0 Å². The Labute approximate surface area is 99.1 Å². The topological polar surface area (TPSA) is 81.2 Å². The fourth-order valence-electron chi connectivity index (χ4n) is 1.22. The second-order valence-corrected chi connectivity index (χ2v) is 4.42. The summed E-state index contributed by atoms with van der Waals surface area (Å²) in [5.74, 6) is 2.02. The van der Waals surface area contributed by atoms with Crippen LogP contribution in [0.3, 0.4) is 0 Å². The summed E-state index contributed by atoms with van der Waals surface area (Å²) in [4.78, 5) is 11.3. The van der Waals surface area contributed by atoms with Crippen LogP contribution >= 0.6 is 11.8 Å². The van der Waals surface area contributed by atoms with Crippen molar-refractivity contribution < 1.29 is 9.32 Å². The molecule has 0 spiro atoms. The van der Waals surface area contributed by atoms with Crippen molar-refractivity contribution in [2.24, 2.45) is 5.73 Å². The van der Waals surface area contributed by atoms with Crippen molar-refractivity contribution in [3.63, 3.8) is 0 Å². The first-order chi connectivity index (χ1) is 7.65. The van der Waals surface area contributed by atoms with Crippen LogP contribution in [0.15, 0.2) is 4.52 Å². The summed E-state index contributed by atoms with van der Waals surface area (Å²) in [5, 5.41) is 6.58. The number of aromatic nitrogens is 1. The summed E-state index contributed by atoms with van der Waals surface area (Å²) >= 11 is 1.54. The van der Waals surface area contributed by atoms with E-state index in [0.29, 0.717) is 18.8 Å². The average Bonchev–Trinajstić information content (AvgIpc) is 2.57. The molecular formula is C10H17N3O2S. The van der Waals surface area contributed by atoms with E-state index < -0.39 is 0 Å². The van der Waals surface area contributed by atoms with Crippen LogP contribution in [-0.4, -0.2) is 29.9 Å². The Morgan fingerprint density at radius 3 is 2.88 bits per heavy atom. The molecule has 0 saturated heterocycles. The van der Waals surface area contributed by atoms with E-state index in [4.69, 9.17) is 10.3 Å². The molecular weight excluding hydrogens is 226 g/mol. The predicted molar refractivity (Wildman–Crippen MR) is 64.2 cm³/mol. The van der Waals surface area contributed by atoms with Gasteiger partial charge in [-0.25, -0.2) is 0 Å². The number of carbonyl (C=O) groups excluding carboxylic acids is 1. The summed E-state index contributed by atoms with van der Waals surface area (Å²) in [6.07, 6.45) is 0. The summed E-state index contributed by atoms with van der Waals surface area (Å²) in [6.45, 7) is 4.79. The maximum atomic E-state index is 11.3. The van der Waals surface area contributed by atoms with E-state index in [-0.39, 0.29) is 5.91 Å². The van der Waals surface area contributed by atoms with Gasteiger partial charge in [0.1, 0.15) is 5.76 Å². The normalized spacial score (nSPS) is 10.4. The zero-order chi connectivity index (χ0) is 12.0. The molecule has 0 aliphatic rings. The minimum Gasteiger partial charge on any atom is -0.361 e. The van der Waals surface area contributed by atoms with Crippen LogP contribution in [0, 0.1) is 13.8 Å². The molecule has 0 atom stereocenters. The standard InChI is InChI=1S/C10H17N3O2S/c1-7-9(8(2)15-13-7)5-16-6-10(14)12-4-3-11/h3-6,11H2,1-2H3,(H,12,14). The Bertz CT molecular complexity index is 332. The summed E-state index contributed by atoms with van der Waals surface area (Å²) in [6, 6.07) is 0. The van der Waals surface area contributed by atoms with Gasteiger partial charge < -0.3 is 15.6 Å². The fourth-order valence-corrected chi connectivity index (χ4v) is 2.22. The number of nitrogens with two attached hydrogens (primary N) is 1. The van der Waals surface area contributed by atoms with Crippen LogP contribution in [0.2, 0.25) is 0 Å². The molecule has 1 aromatic rings. The van der Waals surface area contributed by atoms with Crippen molar-refractivity contribution >= 4 is 17.7 Å². The van der Waals surface area contributed by atoms with Gasteiger partial charge in [0.15, 0.2) is 0 Å². The van der Waals surface area contributed by atoms with E-state index in [1.807, 2.05) is 13.8 Å². The predicted octanol–water partition coefficient (Wildman–Crippen LogP) is 0.600. The highest BCUT2D eigenvalue weighted by Gasteiger charge is 2.09. The van der Waals surface area contributed by atoms with E-state index in [9.17, 15) is 4.79 Å². The number of hydrogen-bond donors (Lipinski definition) is 2. The van der Waals surface area contributed by atoms with E-state index in [2.05, 4.69) is 10.5 Å². The van der Waals surface area contributed by atoms with Gasteiger partial charge in [-0.3, -0.25) is 4.79 Å². The molecule has 1 rings (SSSR count). The molecule has 0 aromatic carbocycles. The zero-order valence-corrected chi connectivity index (χ0v) is 10.4. The van der Waals surface area contributed by atoms with Gasteiger partial charge in [0.2, 0.25) is 5.91 Å². The molecule has 0 aliphatic carbocycles. The summed E-state index contributed by atoms with van der Waals surface area (Å²) in [5.41, 5.74) is 7.26. The molecule has 1 aromatic heterocycles. The first-order valence-corrected chi connectivity index (χ1v) is 6.27. The molecule has 1 heterocycles. The molecule has 90 valence electrons. The molecule has 0 bridgehead atoms. The average molecular weight is 243 g/mol. The van der Waals surface area contributed by atoms with Crippen LogP contribution in [0.4, 0.5) is 0 Å². The molecule has 0 fully saturated rings. The molecule has 16 heavy (non-hydrogen) atoms. The van der Waals surface area contributed by atoms with Gasteiger partial charge in [-0.2, -0.15) is 0 Å². The number of hydrogen-bond acceptors (Lipinski definition) is 5. The minimum atomic E-state index is 0.0159. The highest BCUT2D eigenvalue weighted by molar-refractivity contribution is 7.99. The maximum Gasteiger partial charge on any atom is 0.230 e. The lowest BCUT2D eigenvalue weighted by Crippen LogP contribution is -2.30. The van der Waals surface area contributed by atoms with Crippen LogP contribution in [-0.2, 0) is 10.5 Å². The van der Waals surface area contributed by atoms with Gasteiger partial charge in [0.05, 0.1) is 11.4 Å². The number of nitrogens with zero attached hydrogens (tertiary/aromatic N) is 1. The quantitative estimate of drug-likeness (QED) is 0.764. The second-order valence-electron chi connectivity index (χ2n) is 3.43. The third kappa shape index (κ3) is 3.86. The van der Waals surface area contributed by atoms with E-state index in [1.165, 1.54) is 0 Å². The second kappa shape index (κ2) is 6.55. The summed E-state index contributed by atoms with van der Waals surface area (Å²) < 4.78 is 5.04. The third-order valence-electron chi connectivity index (χ3n) is 2.13. The lowest BCUT2D eigenvalue weighted by Gasteiger charge is -2.03. The van der Waals surface area contributed by atoms with E-state index in [1.54, 1.807) is 11.8 Å². The van der Waals surface area contributed by atoms with Gasteiger partial charge in [-0.15, -0.1) is 11.8 Å². The van der Waals surface area contributed by atoms with Crippen molar-refractivity contribution in [3.8, 4) is 0 Å². The molecule has 0 unspecified atom stereocenters. The molecule has 5 nitrogen and oxygen atoms in total. The first kappa shape index (κ1) is 13.1. The van der Waals surface area contributed by atoms with Crippen molar-refractivity contribution in [2.45, 2.75) is 19.6 Å². The Balaban J connectivity index is 2.28. The molecule has 1 amide bonds. The van der Waals surface area contributed by atoms with Gasteiger partial charge >= 0.3 is 0 Å². The lowest BCUT2D eigenvalue weighted by atomic mass is 10.2. The highest BCUT2D eigenvalue weighted by atomic mass is 32.2. The van der Waals surface area contributed by atoms with Crippen molar-refractivity contribution in [2.75, 3.05) is 18.8 Å². The first-order valence-electron chi connectivity index (χ1n) is 5.11. The Morgan fingerprint density at radius 1 is 1.56 bits per heavy atom. The van der Waals surface area contributed by atoms with Crippen molar-refractivity contribution in [3.05, 3.63) is 17.0 Å². The Kier molecular flexibility index (Phi) is 5.34. The summed E-state index contributed by atoms with van der Waals surface area (Å²) in [7, 11) is 0. The van der Waals surface area contributed by atoms with Crippen LogP contribution < -0.4 is 11.1 Å². The van der Waals surface area contributed by atoms with Crippen molar-refractivity contribution in [1.82, 2.24) is 10.5 Å². The highest BCUT2D eigenvalue weighted by Crippen LogP contribution is 2.18. The molecule has 0 radical (unpaired) electrons. The molecule has 0 saturated carbocycles. The molecule has 0 aliphatic heterocycles. The minimum absolute atomic E-state index is 0.0159. The number of amides is 1. The largest absolute Gasteiger partial charge is 0.361 e. The van der Waals surface area contributed by atoms with Gasteiger partial charge in [0, 0.05) is 24.4 Å². The van der Waals surface area contributed by atoms with Gasteiger partial charge in [-0.1, -0.05) is 5.16 Å². The van der Waals surface area contributed by atoms with E-state index >= 15 is 0 Å². The van der Waals surface area contributed by atoms with Crippen LogP contribution in [0.1, 0.15) is 17.0 Å². The van der Waals surface area contributed by atoms with E-state index in [0.717, 1.165) is 22.8 Å². The smallest absolute Gasteiger partial charge is 0.230 e. The number of thioether (sulfide) groups is 1. The number of nitrogens with one attached hydrogen (secondary N) is 1. The fraction of sp³-hybridized carbons (Fsp3) is 0.600. The number of carbonyl (C=O) groups is 1. The molecule has 3 N–H and O–H groups in total. The Morgan fingerprint density at radius 2 is 2.31 bits per heavy atom. The third-order valence-corrected chi connectivity index (χ3v) is 3.09. The zero-order valence-electron chi connectivity index (χ0n) is 9.58. The maximum absolute atomic E-state index is 11.3. The molecule has 6 heteroatoms. The van der Waals surface area contributed by atoms with Crippen LogP contribution in [0.5, 0.6) is 0 Å². The van der Waals surface area contributed by atoms with Crippen molar-refractivity contribution in [1.29, 1.82) is 0 Å². The van der Waals surface area contributed by atoms with Gasteiger partial charge in [-0.05, 0) is 13.8 Å².